The summed E-state index contributed by atoms with van der Waals surface area (Å²) in [7, 11) is 1.43. The van der Waals surface area contributed by atoms with Crippen molar-refractivity contribution in [3.63, 3.8) is 0 Å². The summed E-state index contributed by atoms with van der Waals surface area (Å²) in [6, 6.07) is 17.0. The number of methoxy groups -OCH3 is 1. The van der Waals surface area contributed by atoms with E-state index in [0.29, 0.717) is 44.0 Å². The van der Waals surface area contributed by atoms with Crippen molar-refractivity contribution < 1.29 is 28.7 Å². The average molecular weight is 563 g/mol. The van der Waals surface area contributed by atoms with E-state index >= 15 is 0 Å². The molecule has 4 amide bonds. The van der Waals surface area contributed by atoms with Gasteiger partial charge in [0.05, 0.1) is 18.9 Å². The average Bonchev–Trinajstić information content (AvgIpc) is 2.98. The molecular formula is C31H38N4O6. The van der Waals surface area contributed by atoms with Gasteiger partial charge in [-0.1, -0.05) is 74.5 Å². The van der Waals surface area contributed by atoms with Crippen LogP contribution in [0.15, 0.2) is 66.9 Å². The zero-order valence-corrected chi connectivity index (χ0v) is 23.8. The predicted octanol–water partition coefficient (Wildman–Crippen LogP) is 1.91. The Morgan fingerprint density at radius 1 is 1.00 bits per heavy atom. The molecule has 41 heavy (non-hydrogen) atoms. The van der Waals surface area contributed by atoms with E-state index < -0.39 is 18.0 Å². The van der Waals surface area contributed by atoms with Crippen LogP contribution in [-0.4, -0.2) is 97.0 Å². The lowest BCUT2D eigenvalue weighted by Gasteiger charge is -2.41. The smallest absolute Gasteiger partial charge is 0.253 e. The molecule has 4 rings (SSSR count). The highest BCUT2D eigenvalue weighted by Crippen LogP contribution is 2.30. The summed E-state index contributed by atoms with van der Waals surface area (Å²) in [5.41, 5.74) is 2.01. The van der Waals surface area contributed by atoms with Crippen LogP contribution in [0.4, 0.5) is 0 Å². The highest BCUT2D eigenvalue weighted by Gasteiger charge is 2.41. The van der Waals surface area contributed by atoms with Crippen LogP contribution in [0.3, 0.4) is 0 Å². The highest BCUT2D eigenvalue weighted by molar-refractivity contribution is 6.00. The lowest BCUT2D eigenvalue weighted by Crippen LogP contribution is -2.58. The van der Waals surface area contributed by atoms with Crippen molar-refractivity contribution >= 4 is 29.3 Å². The summed E-state index contributed by atoms with van der Waals surface area (Å²) in [6.45, 7) is 5.01. The molecule has 0 aromatic heterocycles. The Morgan fingerprint density at radius 3 is 2.24 bits per heavy atom. The molecule has 2 atom stereocenters. The van der Waals surface area contributed by atoms with E-state index in [-0.39, 0.29) is 36.8 Å². The normalized spacial score (nSPS) is 18.2. The molecule has 0 spiro atoms. The van der Waals surface area contributed by atoms with Gasteiger partial charge < -0.3 is 24.6 Å². The standard InChI is InChI=1S/C31H38N4O6/c1-22(2)29-31(39)34(26(24-12-8-5-9-13-24)19-35(29)28(37)21-40-3)20-27(36)32-25(18-23-10-6-4-7-11-23)30(38)33-14-16-41-17-15-33/h4-13,19,22,25,29H,14-18,20-21H2,1-3H3,(H,32,36)/t25-,29-/m0/s1. The maximum absolute atomic E-state index is 13.9. The van der Waals surface area contributed by atoms with Gasteiger partial charge in [-0.05, 0) is 17.0 Å². The van der Waals surface area contributed by atoms with Crippen LogP contribution in [0.25, 0.3) is 5.70 Å². The Bertz CT molecular complexity index is 1240. The van der Waals surface area contributed by atoms with Gasteiger partial charge in [0.15, 0.2) is 0 Å². The first-order valence-electron chi connectivity index (χ1n) is 13.9. The molecule has 1 saturated heterocycles. The van der Waals surface area contributed by atoms with Gasteiger partial charge in [-0.3, -0.25) is 24.1 Å². The van der Waals surface area contributed by atoms with Gasteiger partial charge in [0.1, 0.15) is 25.2 Å². The maximum atomic E-state index is 13.9. The van der Waals surface area contributed by atoms with E-state index in [9.17, 15) is 19.2 Å². The second-order valence-corrected chi connectivity index (χ2v) is 10.5. The highest BCUT2D eigenvalue weighted by atomic mass is 16.5. The van der Waals surface area contributed by atoms with E-state index in [1.54, 1.807) is 11.1 Å². The molecule has 2 aliphatic heterocycles. The van der Waals surface area contributed by atoms with E-state index in [2.05, 4.69) is 5.32 Å². The van der Waals surface area contributed by atoms with Crippen molar-refractivity contribution in [3.8, 4) is 0 Å². The van der Waals surface area contributed by atoms with Crippen LogP contribution >= 0.6 is 0 Å². The van der Waals surface area contributed by atoms with E-state index in [4.69, 9.17) is 9.47 Å². The second kappa shape index (κ2) is 14.0. The number of ether oxygens (including phenoxy) is 2. The van der Waals surface area contributed by atoms with Gasteiger partial charge in [0.25, 0.3) is 11.8 Å². The topological polar surface area (TPSA) is 108 Å². The molecule has 2 aromatic carbocycles. The van der Waals surface area contributed by atoms with Gasteiger partial charge in [0.2, 0.25) is 11.8 Å². The monoisotopic (exact) mass is 562 g/mol. The Labute approximate surface area is 240 Å². The summed E-state index contributed by atoms with van der Waals surface area (Å²) in [6.07, 6.45) is 1.93. The van der Waals surface area contributed by atoms with E-state index in [1.165, 1.54) is 16.9 Å². The third-order valence-electron chi connectivity index (χ3n) is 7.17. The fourth-order valence-electron chi connectivity index (χ4n) is 5.15. The van der Waals surface area contributed by atoms with Gasteiger partial charge in [-0.2, -0.15) is 0 Å². The third kappa shape index (κ3) is 7.39. The largest absolute Gasteiger partial charge is 0.378 e. The molecule has 0 unspecified atom stereocenters. The number of amides is 4. The van der Waals surface area contributed by atoms with Crippen LogP contribution in [0.1, 0.15) is 25.0 Å². The minimum absolute atomic E-state index is 0.180. The lowest BCUT2D eigenvalue weighted by atomic mass is 9.97. The Morgan fingerprint density at radius 2 is 1.63 bits per heavy atom. The fraction of sp³-hybridized carbons (Fsp3) is 0.419. The molecule has 1 fully saturated rings. The number of carbonyl (C=O) groups excluding carboxylic acids is 4. The zero-order chi connectivity index (χ0) is 29.4. The molecular weight excluding hydrogens is 524 g/mol. The molecule has 0 aliphatic carbocycles. The van der Waals surface area contributed by atoms with Gasteiger partial charge in [-0.25, -0.2) is 0 Å². The maximum Gasteiger partial charge on any atom is 0.253 e. The predicted molar refractivity (Wildman–Crippen MR) is 153 cm³/mol. The van der Waals surface area contributed by atoms with E-state index in [0.717, 1.165) is 5.56 Å². The van der Waals surface area contributed by atoms with Crippen molar-refractivity contribution in [1.82, 2.24) is 20.0 Å². The van der Waals surface area contributed by atoms with Crippen molar-refractivity contribution in [2.45, 2.75) is 32.4 Å². The summed E-state index contributed by atoms with van der Waals surface area (Å²) >= 11 is 0. The number of nitrogens with zero attached hydrogens (tertiary/aromatic N) is 3. The molecule has 0 bridgehead atoms. The van der Waals surface area contributed by atoms with Gasteiger partial charge in [0, 0.05) is 32.8 Å². The molecule has 0 saturated carbocycles. The number of hydrogen-bond acceptors (Lipinski definition) is 6. The first-order chi connectivity index (χ1) is 19.8. The number of benzene rings is 2. The van der Waals surface area contributed by atoms with Crippen LogP contribution in [0.2, 0.25) is 0 Å². The van der Waals surface area contributed by atoms with Gasteiger partial charge >= 0.3 is 0 Å². The van der Waals surface area contributed by atoms with Crippen molar-refractivity contribution in [2.75, 3.05) is 46.6 Å². The number of morpholine rings is 1. The Hall–Kier alpha value is -4.02. The van der Waals surface area contributed by atoms with Crippen LogP contribution in [0, 0.1) is 5.92 Å². The quantitative estimate of drug-likeness (QED) is 0.474. The minimum atomic E-state index is -0.812. The van der Waals surface area contributed by atoms with Crippen LogP contribution in [-0.2, 0) is 35.1 Å². The molecule has 0 radical (unpaired) electrons. The molecule has 2 aromatic rings. The molecule has 2 aliphatic rings. The molecule has 10 heteroatoms. The minimum Gasteiger partial charge on any atom is -0.378 e. The number of hydrogen-bond donors (Lipinski definition) is 1. The summed E-state index contributed by atoms with van der Waals surface area (Å²) in [5.74, 6) is -1.61. The van der Waals surface area contributed by atoms with Crippen molar-refractivity contribution in [2.24, 2.45) is 5.92 Å². The Kier molecular flexibility index (Phi) is 10.3. The molecule has 10 nitrogen and oxygen atoms in total. The third-order valence-corrected chi connectivity index (χ3v) is 7.17. The first-order valence-corrected chi connectivity index (χ1v) is 13.9. The second-order valence-electron chi connectivity index (χ2n) is 10.5. The van der Waals surface area contributed by atoms with Crippen molar-refractivity contribution in [1.29, 1.82) is 0 Å². The zero-order valence-electron chi connectivity index (χ0n) is 23.8. The lowest BCUT2D eigenvalue weighted by molar-refractivity contribution is -0.147. The van der Waals surface area contributed by atoms with Crippen LogP contribution < -0.4 is 5.32 Å². The Balaban J connectivity index is 1.62. The van der Waals surface area contributed by atoms with E-state index in [1.807, 2.05) is 74.5 Å². The van der Waals surface area contributed by atoms with Gasteiger partial charge in [-0.15, -0.1) is 0 Å². The summed E-state index contributed by atoms with van der Waals surface area (Å²) in [4.78, 5) is 58.5. The number of nitrogens with one attached hydrogen (secondary N) is 1. The number of carbonyl (C=O) groups is 4. The number of rotatable bonds is 10. The van der Waals surface area contributed by atoms with Crippen molar-refractivity contribution in [3.05, 3.63) is 78.0 Å². The fourth-order valence-corrected chi connectivity index (χ4v) is 5.15. The summed E-state index contributed by atoms with van der Waals surface area (Å²) in [5, 5.41) is 2.91. The summed E-state index contributed by atoms with van der Waals surface area (Å²) < 4.78 is 10.5. The molecule has 218 valence electrons. The van der Waals surface area contributed by atoms with Crippen LogP contribution in [0.5, 0.6) is 0 Å². The first kappa shape index (κ1) is 30.0. The SMILES string of the molecule is COCC(=O)N1C=C(c2ccccc2)N(CC(=O)N[C@@H](Cc2ccccc2)C(=O)N2CCOCC2)C(=O)[C@@H]1C(C)C. The molecule has 1 N–H and O–H groups in total. The molecule has 2 heterocycles.